The molecule has 0 saturated heterocycles. The summed E-state index contributed by atoms with van der Waals surface area (Å²) in [5.74, 6) is 0.852. The molecule has 13 heavy (non-hydrogen) atoms. The Balaban J connectivity index is 2.25. The molecule has 0 saturated carbocycles. The van der Waals surface area contributed by atoms with E-state index in [1.165, 1.54) is 5.56 Å². The molecule has 0 radical (unpaired) electrons. The molecule has 1 aromatic carbocycles. The first-order valence-electron chi connectivity index (χ1n) is 4.38. The lowest BCUT2D eigenvalue weighted by atomic mass is 10.1. The van der Waals surface area contributed by atoms with Crippen molar-refractivity contribution in [1.82, 2.24) is 0 Å². The van der Waals surface area contributed by atoms with Gasteiger partial charge in [-0.25, -0.2) is 0 Å². The molecule has 2 rings (SSSR count). The van der Waals surface area contributed by atoms with E-state index in [0.29, 0.717) is 0 Å². The summed E-state index contributed by atoms with van der Waals surface area (Å²) >= 11 is 0. The highest BCUT2D eigenvalue weighted by atomic mass is 16.5. The van der Waals surface area contributed by atoms with Crippen LogP contribution in [0, 0.1) is 0 Å². The third-order valence-electron chi connectivity index (χ3n) is 2.36. The van der Waals surface area contributed by atoms with E-state index in [9.17, 15) is 0 Å². The fraction of sp³-hybridized carbons (Fsp3) is 0.400. The number of hydrogen-bond donors (Lipinski definition) is 2. The fourth-order valence-electron chi connectivity index (χ4n) is 1.64. The van der Waals surface area contributed by atoms with E-state index in [1.807, 2.05) is 18.2 Å². The Labute approximate surface area is 77.3 Å². The Morgan fingerprint density at radius 2 is 2.46 bits per heavy atom. The zero-order chi connectivity index (χ0) is 9.26. The van der Waals surface area contributed by atoms with Crippen molar-refractivity contribution in [1.29, 1.82) is 0 Å². The van der Waals surface area contributed by atoms with Crippen LogP contribution in [0.1, 0.15) is 5.56 Å². The standard InChI is InChI=1S/C10H13NO2/c1-13-9-3-2-7-4-8(6-12)11-10(7)5-9/h2-3,5,8,11-12H,4,6H2,1H3/t8-/m0/s1. The van der Waals surface area contributed by atoms with Gasteiger partial charge in [-0.2, -0.15) is 0 Å². The molecule has 1 heterocycles. The van der Waals surface area contributed by atoms with Gasteiger partial charge in [0.25, 0.3) is 0 Å². The zero-order valence-electron chi connectivity index (χ0n) is 7.58. The molecular formula is C10H13NO2. The van der Waals surface area contributed by atoms with E-state index in [2.05, 4.69) is 5.32 Å². The Morgan fingerprint density at radius 3 is 3.15 bits per heavy atom. The summed E-state index contributed by atoms with van der Waals surface area (Å²) < 4.78 is 5.11. The number of ether oxygens (including phenoxy) is 1. The smallest absolute Gasteiger partial charge is 0.120 e. The summed E-state index contributed by atoms with van der Waals surface area (Å²) in [5.41, 5.74) is 2.33. The van der Waals surface area contributed by atoms with Gasteiger partial charge in [0.2, 0.25) is 0 Å². The average molecular weight is 179 g/mol. The van der Waals surface area contributed by atoms with Crippen LogP contribution in [0.4, 0.5) is 5.69 Å². The summed E-state index contributed by atoms with van der Waals surface area (Å²) in [5, 5.41) is 12.2. The number of nitrogens with one attached hydrogen (secondary N) is 1. The molecule has 0 amide bonds. The van der Waals surface area contributed by atoms with E-state index in [1.54, 1.807) is 7.11 Å². The number of benzene rings is 1. The van der Waals surface area contributed by atoms with Gasteiger partial charge in [-0.1, -0.05) is 6.07 Å². The predicted octanol–water partition coefficient (Wildman–Crippen LogP) is 1.02. The van der Waals surface area contributed by atoms with Crippen LogP contribution in [0.3, 0.4) is 0 Å². The van der Waals surface area contributed by atoms with Crippen LogP contribution in [-0.2, 0) is 6.42 Å². The van der Waals surface area contributed by atoms with Crippen LogP contribution in [0.2, 0.25) is 0 Å². The Kier molecular flexibility index (Phi) is 2.10. The third-order valence-corrected chi connectivity index (χ3v) is 2.36. The molecule has 1 aromatic rings. The van der Waals surface area contributed by atoms with Gasteiger partial charge in [-0.05, 0) is 18.1 Å². The summed E-state index contributed by atoms with van der Waals surface area (Å²) in [7, 11) is 1.65. The number of methoxy groups -OCH3 is 1. The lowest BCUT2D eigenvalue weighted by Gasteiger charge is -2.06. The SMILES string of the molecule is COc1ccc2c(c1)N[C@H](CO)C2. The molecular weight excluding hydrogens is 166 g/mol. The van der Waals surface area contributed by atoms with E-state index in [0.717, 1.165) is 17.9 Å². The molecule has 0 unspecified atom stereocenters. The van der Waals surface area contributed by atoms with E-state index in [4.69, 9.17) is 9.84 Å². The maximum atomic E-state index is 8.97. The molecule has 3 heteroatoms. The van der Waals surface area contributed by atoms with Crippen molar-refractivity contribution in [3.05, 3.63) is 23.8 Å². The highest BCUT2D eigenvalue weighted by Crippen LogP contribution is 2.29. The number of rotatable bonds is 2. The second-order valence-electron chi connectivity index (χ2n) is 3.25. The maximum Gasteiger partial charge on any atom is 0.120 e. The molecule has 0 spiro atoms. The predicted molar refractivity (Wildman–Crippen MR) is 51.2 cm³/mol. The largest absolute Gasteiger partial charge is 0.497 e. The number of aliphatic hydroxyl groups excluding tert-OH is 1. The second kappa shape index (κ2) is 3.26. The minimum atomic E-state index is 0.169. The fourth-order valence-corrected chi connectivity index (χ4v) is 1.64. The molecule has 1 atom stereocenters. The summed E-state index contributed by atoms with van der Waals surface area (Å²) in [6.07, 6.45) is 0.899. The first kappa shape index (κ1) is 8.38. The normalized spacial score (nSPS) is 19.4. The molecule has 0 aromatic heterocycles. The van der Waals surface area contributed by atoms with Crippen LogP contribution in [0.5, 0.6) is 5.75 Å². The first-order valence-corrected chi connectivity index (χ1v) is 4.38. The van der Waals surface area contributed by atoms with Crippen molar-refractivity contribution < 1.29 is 9.84 Å². The molecule has 0 aliphatic carbocycles. The van der Waals surface area contributed by atoms with Crippen molar-refractivity contribution in [3.63, 3.8) is 0 Å². The second-order valence-corrected chi connectivity index (χ2v) is 3.25. The lowest BCUT2D eigenvalue weighted by molar-refractivity contribution is 0.277. The van der Waals surface area contributed by atoms with Crippen molar-refractivity contribution >= 4 is 5.69 Å². The molecule has 1 aliphatic rings. The van der Waals surface area contributed by atoms with Crippen molar-refractivity contribution in [3.8, 4) is 5.75 Å². The maximum absolute atomic E-state index is 8.97. The van der Waals surface area contributed by atoms with Gasteiger partial charge < -0.3 is 15.2 Å². The summed E-state index contributed by atoms with van der Waals surface area (Å²) in [4.78, 5) is 0. The minimum absolute atomic E-state index is 0.169. The van der Waals surface area contributed by atoms with Crippen LogP contribution >= 0.6 is 0 Å². The Bertz CT molecular complexity index is 312. The van der Waals surface area contributed by atoms with Crippen molar-refractivity contribution in [2.24, 2.45) is 0 Å². The van der Waals surface area contributed by atoms with E-state index in [-0.39, 0.29) is 12.6 Å². The summed E-state index contributed by atoms with van der Waals surface area (Å²) in [6.45, 7) is 0.178. The third kappa shape index (κ3) is 1.47. The molecule has 70 valence electrons. The number of aliphatic hydroxyl groups is 1. The van der Waals surface area contributed by atoms with E-state index >= 15 is 0 Å². The molecule has 0 bridgehead atoms. The highest BCUT2D eigenvalue weighted by Gasteiger charge is 2.19. The quantitative estimate of drug-likeness (QED) is 0.712. The van der Waals surface area contributed by atoms with Gasteiger partial charge in [-0.15, -0.1) is 0 Å². The monoisotopic (exact) mass is 179 g/mol. The van der Waals surface area contributed by atoms with Gasteiger partial charge in [0.05, 0.1) is 19.8 Å². The number of anilines is 1. The average Bonchev–Trinajstić information content (AvgIpc) is 2.58. The Morgan fingerprint density at radius 1 is 1.62 bits per heavy atom. The van der Waals surface area contributed by atoms with Gasteiger partial charge in [0.15, 0.2) is 0 Å². The minimum Gasteiger partial charge on any atom is -0.497 e. The van der Waals surface area contributed by atoms with Crippen molar-refractivity contribution in [2.75, 3.05) is 19.0 Å². The molecule has 0 fully saturated rings. The molecule has 3 nitrogen and oxygen atoms in total. The summed E-state index contributed by atoms with van der Waals surface area (Å²) in [6, 6.07) is 6.12. The molecule has 2 N–H and O–H groups in total. The first-order chi connectivity index (χ1) is 6.33. The van der Waals surface area contributed by atoms with Crippen molar-refractivity contribution in [2.45, 2.75) is 12.5 Å². The van der Waals surface area contributed by atoms with Crippen LogP contribution in [0.15, 0.2) is 18.2 Å². The zero-order valence-corrected chi connectivity index (χ0v) is 7.58. The van der Waals surface area contributed by atoms with Crippen LogP contribution < -0.4 is 10.1 Å². The number of hydrogen-bond acceptors (Lipinski definition) is 3. The Hall–Kier alpha value is -1.22. The van der Waals surface area contributed by atoms with Gasteiger partial charge >= 0.3 is 0 Å². The van der Waals surface area contributed by atoms with Gasteiger partial charge in [-0.3, -0.25) is 0 Å². The van der Waals surface area contributed by atoms with Gasteiger partial charge in [0.1, 0.15) is 5.75 Å². The number of fused-ring (bicyclic) bond motifs is 1. The van der Waals surface area contributed by atoms with Crippen LogP contribution in [-0.4, -0.2) is 24.9 Å². The topological polar surface area (TPSA) is 41.5 Å². The van der Waals surface area contributed by atoms with Crippen LogP contribution in [0.25, 0.3) is 0 Å². The highest BCUT2D eigenvalue weighted by molar-refractivity contribution is 5.59. The van der Waals surface area contributed by atoms with Gasteiger partial charge in [0, 0.05) is 11.8 Å². The lowest BCUT2D eigenvalue weighted by Crippen LogP contribution is -2.19. The van der Waals surface area contributed by atoms with E-state index < -0.39 is 0 Å². The molecule has 1 aliphatic heterocycles.